The molecule has 6 rings (SSSR count). The van der Waals surface area contributed by atoms with Gasteiger partial charge in [-0.2, -0.15) is 0 Å². The number of anilines is 1. The molecular formula is C28H32Br2N2O3S. The predicted molar refractivity (Wildman–Crippen MR) is 144 cm³/mol. The minimum absolute atomic E-state index is 0. The van der Waals surface area contributed by atoms with E-state index in [1.165, 1.54) is 13.1 Å². The molecule has 1 aromatic heterocycles. The number of quaternary nitrogens is 1. The van der Waals surface area contributed by atoms with Crippen LogP contribution in [0.1, 0.15) is 24.1 Å². The molecule has 0 spiro atoms. The number of hydrogen-bond donors (Lipinski definition) is 0. The van der Waals surface area contributed by atoms with E-state index < -0.39 is 0 Å². The second-order valence-corrected chi connectivity index (χ2v) is 11.5. The van der Waals surface area contributed by atoms with Gasteiger partial charge in [0.05, 0.1) is 32.8 Å². The summed E-state index contributed by atoms with van der Waals surface area (Å²) in [6.45, 7) is 5.56. The molecule has 0 aliphatic carbocycles. The molecule has 4 heterocycles. The molecule has 192 valence electrons. The summed E-state index contributed by atoms with van der Waals surface area (Å²) in [5, 5.41) is 2.05. The minimum Gasteiger partial charge on any atom is -1.00 e. The highest BCUT2D eigenvalue weighted by molar-refractivity contribution is 9.10. The van der Waals surface area contributed by atoms with Crippen LogP contribution in [0.15, 0.2) is 76.6 Å². The van der Waals surface area contributed by atoms with Crippen molar-refractivity contribution in [2.24, 2.45) is 5.92 Å². The first-order valence-electron chi connectivity index (χ1n) is 12.4. The molecule has 36 heavy (non-hydrogen) atoms. The van der Waals surface area contributed by atoms with Gasteiger partial charge in [-0.3, -0.25) is 4.90 Å². The van der Waals surface area contributed by atoms with Crippen molar-refractivity contribution in [2.75, 3.05) is 37.7 Å². The van der Waals surface area contributed by atoms with Crippen LogP contribution in [0, 0.1) is 5.92 Å². The highest BCUT2D eigenvalue weighted by Crippen LogP contribution is 2.36. The van der Waals surface area contributed by atoms with Gasteiger partial charge in [0.2, 0.25) is 0 Å². The zero-order valence-corrected chi connectivity index (χ0v) is 24.2. The smallest absolute Gasteiger partial charge is 0.415 e. The normalized spacial score (nSPS) is 22.5. The molecule has 3 fully saturated rings. The lowest BCUT2D eigenvalue weighted by molar-refractivity contribution is -0.946. The van der Waals surface area contributed by atoms with Crippen molar-refractivity contribution in [1.29, 1.82) is 0 Å². The fraction of sp³-hybridized carbons (Fsp3) is 0.393. The number of piperidine rings is 3. The zero-order valence-electron chi connectivity index (χ0n) is 20.2. The maximum absolute atomic E-state index is 13.5. The van der Waals surface area contributed by atoms with Gasteiger partial charge in [0.25, 0.3) is 0 Å². The largest absolute Gasteiger partial charge is 1.00 e. The van der Waals surface area contributed by atoms with Crippen molar-refractivity contribution < 1.29 is 35.7 Å². The lowest BCUT2D eigenvalue weighted by Gasteiger charge is -2.52. The molecule has 3 saturated heterocycles. The number of rotatable bonds is 9. The Morgan fingerprint density at radius 3 is 2.42 bits per heavy atom. The van der Waals surface area contributed by atoms with Gasteiger partial charge in [0, 0.05) is 45.6 Å². The third-order valence-electron chi connectivity index (χ3n) is 7.31. The van der Waals surface area contributed by atoms with Gasteiger partial charge < -0.3 is 30.9 Å². The maximum atomic E-state index is 13.5. The zero-order chi connectivity index (χ0) is 24.1. The van der Waals surface area contributed by atoms with Crippen LogP contribution in [-0.4, -0.2) is 49.5 Å². The average Bonchev–Trinajstić information content (AvgIpc) is 3.31. The number of carbonyl (C=O) groups is 1. The number of amides is 1. The molecule has 8 heteroatoms. The highest BCUT2D eigenvalue weighted by atomic mass is 79.9. The van der Waals surface area contributed by atoms with Gasteiger partial charge in [-0.15, -0.1) is 11.3 Å². The predicted octanol–water partition coefficient (Wildman–Crippen LogP) is 3.74. The molecule has 0 radical (unpaired) electrons. The first kappa shape index (κ1) is 27.2. The first-order valence-corrected chi connectivity index (χ1v) is 14.1. The number of nitrogens with zero attached hydrogens (tertiary/aromatic N) is 2. The van der Waals surface area contributed by atoms with Crippen molar-refractivity contribution in [3.63, 3.8) is 0 Å². The van der Waals surface area contributed by atoms with E-state index in [0.717, 1.165) is 64.2 Å². The Morgan fingerprint density at radius 1 is 1.06 bits per heavy atom. The van der Waals surface area contributed by atoms with Crippen molar-refractivity contribution >= 4 is 39.0 Å². The first-order chi connectivity index (χ1) is 17.1. The molecule has 1 amide bonds. The van der Waals surface area contributed by atoms with E-state index in [0.29, 0.717) is 12.5 Å². The highest BCUT2D eigenvalue weighted by Gasteiger charge is 2.47. The Balaban J connectivity index is 0.00000304. The third kappa shape index (κ3) is 6.71. The van der Waals surface area contributed by atoms with Gasteiger partial charge in [-0.25, -0.2) is 4.79 Å². The molecule has 1 atom stereocenters. The molecular weight excluding hydrogens is 604 g/mol. The molecule has 3 aliphatic rings. The van der Waals surface area contributed by atoms with Crippen LogP contribution in [0.3, 0.4) is 0 Å². The number of fused-ring (bicyclic) bond motifs is 3. The summed E-state index contributed by atoms with van der Waals surface area (Å²) in [7, 11) is 0. The lowest BCUT2D eigenvalue weighted by Crippen LogP contribution is -3.00. The second-order valence-electron chi connectivity index (χ2n) is 9.62. The molecule has 3 aliphatic heterocycles. The Labute approximate surface area is 236 Å². The van der Waals surface area contributed by atoms with Crippen LogP contribution in [0.4, 0.5) is 10.5 Å². The van der Waals surface area contributed by atoms with E-state index in [1.54, 1.807) is 16.2 Å². The Bertz CT molecular complexity index is 1100. The number of para-hydroxylation sites is 2. The summed E-state index contributed by atoms with van der Waals surface area (Å²) >= 11 is 5.17. The van der Waals surface area contributed by atoms with Crippen molar-refractivity contribution in [3.05, 3.63) is 81.5 Å². The van der Waals surface area contributed by atoms with Gasteiger partial charge in [-0.05, 0) is 46.3 Å². The van der Waals surface area contributed by atoms with Gasteiger partial charge in [-0.1, -0.05) is 36.4 Å². The van der Waals surface area contributed by atoms with Crippen LogP contribution in [0.5, 0.6) is 5.75 Å². The Hall–Kier alpha value is -1.87. The minimum atomic E-state index is -0.245. The number of carbonyl (C=O) groups excluding carboxylic acids is 1. The molecule has 0 N–H and O–H groups in total. The maximum Gasteiger partial charge on any atom is 0.415 e. The standard InChI is InChI=1S/C28H32BrN2O3S.BrH/c29-23-18-26(35-21-23)19-30(24-8-3-1-4-9-24)28(32)34-27-20-31(15-12-22(27)13-16-31)14-7-17-33-25-10-5-2-6-11-25;/h1-6,8-11,18,21-22,27H,7,12-17,19-20H2;1H/q+1;/p-1/t22?,27-,31?;/m0./s1. The summed E-state index contributed by atoms with van der Waals surface area (Å²) in [4.78, 5) is 16.4. The number of benzene rings is 2. The van der Waals surface area contributed by atoms with Crippen LogP contribution in [-0.2, 0) is 11.3 Å². The molecule has 0 saturated carbocycles. The van der Waals surface area contributed by atoms with E-state index in [4.69, 9.17) is 9.47 Å². The fourth-order valence-corrected chi connectivity index (χ4v) is 6.87. The summed E-state index contributed by atoms with van der Waals surface area (Å²) in [6, 6.07) is 21.9. The topological polar surface area (TPSA) is 38.8 Å². The number of thiophene rings is 1. The molecule has 2 bridgehead atoms. The van der Waals surface area contributed by atoms with E-state index in [1.807, 2.05) is 66.0 Å². The molecule has 2 aromatic carbocycles. The van der Waals surface area contributed by atoms with E-state index in [9.17, 15) is 4.79 Å². The quantitative estimate of drug-likeness (QED) is 0.266. The van der Waals surface area contributed by atoms with Crippen LogP contribution >= 0.6 is 27.3 Å². The van der Waals surface area contributed by atoms with E-state index >= 15 is 0 Å². The summed E-state index contributed by atoms with van der Waals surface area (Å²) in [5.74, 6) is 1.39. The van der Waals surface area contributed by atoms with Crippen LogP contribution < -0.4 is 26.6 Å². The second kappa shape index (κ2) is 12.6. The van der Waals surface area contributed by atoms with Crippen LogP contribution in [0.25, 0.3) is 0 Å². The van der Waals surface area contributed by atoms with E-state index in [2.05, 4.69) is 22.0 Å². The average molecular weight is 636 g/mol. The van der Waals surface area contributed by atoms with Crippen molar-refractivity contribution in [2.45, 2.75) is 31.9 Å². The Morgan fingerprint density at radius 2 is 1.75 bits per heavy atom. The Kier molecular flexibility index (Phi) is 9.50. The van der Waals surface area contributed by atoms with Crippen molar-refractivity contribution in [3.8, 4) is 5.75 Å². The van der Waals surface area contributed by atoms with Gasteiger partial charge in [0.15, 0.2) is 6.10 Å². The van der Waals surface area contributed by atoms with Crippen LogP contribution in [0.2, 0.25) is 0 Å². The van der Waals surface area contributed by atoms with Crippen molar-refractivity contribution in [1.82, 2.24) is 0 Å². The summed E-state index contributed by atoms with van der Waals surface area (Å²) in [5.41, 5.74) is 0.866. The fourth-order valence-electron chi connectivity index (χ4n) is 5.43. The van der Waals surface area contributed by atoms with Gasteiger partial charge in [0.1, 0.15) is 12.3 Å². The number of halogens is 2. The SMILES string of the molecule is O=C(O[C@H]1C[N+]2(CCCOc3ccccc3)CCC1CC2)N(Cc1cc(Br)cs1)c1ccccc1.[Br-]. The lowest BCUT2D eigenvalue weighted by atomic mass is 9.83. The summed E-state index contributed by atoms with van der Waals surface area (Å²) < 4.78 is 14.3. The number of hydrogen-bond acceptors (Lipinski definition) is 4. The molecule has 3 aromatic rings. The van der Waals surface area contributed by atoms with Gasteiger partial charge >= 0.3 is 6.09 Å². The number of ether oxygens (including phenoxy) is 2. The third-order valence-corrected chi connectivity index (χ3v) is 8.99. The summed E-state index contributed by atoms with van der Waals surface area (Å²) in [6.07, 6.45) is 2.98. The van der Waals surface area contributed by atoms with E-state index in [-0.39, 0.29) is 29.2 Å². The molecule has 0 unspecified atom stereocenters. The molecule has 5 nitrogen and oxygen atoms in total. The monoisotopic (exact) mass is 634 g/mol.